The summed E-state index contributed by atoms with van der Waals surface area (Å²) in [5.74, 6) is 0. The zero-order valence-electron chi connectivity index (χ0n) is 12.3. The van der Waals surface area contributed by atoms with Gasteiger partial charge in [0.05, 0.1) is 12.1 Å². The van der Waals surface area contributed by atoms with Crippen LogP contribution in [0, 0.1) is 0 Å². The summed E-state index contributed by atoms with van der Waals surface area (Å²) >= 11 is 0. The van der Waals surface area contributed by atoms with E-state index in [0.717, 1.165) is 0 Å². The molecule has 1 amide bonds. The van der Waals surface area contributed by atoms with Gasteiger partial charge in [0.1, 0.15) is 0 Å². The minimum atomic E-state index is -1.96. The van der Waals surface area contributed by atoms with E-state index in [1.54, 1.807) is 6.92 Å². The van der Waals surface area contributed by atoms with Gasteiger partial charge in [-0.1, -0.05) is 20.8 Å². The Kier molecular flexibility index (Phi) is 6.32. The van der Waals surface area contributed by atoms with E-state index in [1.165, 1.54) is 0 Å². The van der Waals surface area contributed by atoms with Crippen molar-refractivity contribution in [3.05, 3.63) is 0 Å². The van der Waals surface area contributed by atoms with E-state index in [0.29, 0.717) is 6.42 Å². The molecule has 0 saturated heterocycles. The van der Waals surface area contributed by atoms with Crippen LogP contribution in [-0.2, 0) is 4.43 Å². The molecule has 6 heteroatoms. The first-order valence-electron chi connectivity index (χ1n) is 6.29. The maximum Gasteiger partial charge on any atom is 0.404 e. The SMILES string of the molecule is C[C@H](NC(=O)O)[C@H](CCO)O[Si](C)(C)C(C)(C)C. The fourth-order valence-electron chi connectivity index (χ4n) is 1.38. The average Bonchev–Trinajstić information content (AvgIpc) is 2.13. The van der Waals surface area contributed by atoms with Crippen LogP contribution in [0.25, 0.3) is 0 Å². The third kappa shape index (κ3) is 5.37. The van der Waals surface area contributed by atoms with Crippen LogP contribution in [0.15, 0.2) is 0 Å². The molecule has 0 spiro atoms. The molecule has 0 saturated carbocycles. The van der Waals surface area contributed by atoms with Crippen LogP contribution in [0.2, 0.25) is 18.1 Å². The minimum absolute atomic E-state index is 0.00900. The molecular formula is C12H27NO4Si. The molecule has 108 valence electrons. The lowest BCUT2D eigenvalue weighted by atomic mass is 10.1. The number of amides is 1. The zero-order chi connectivity index (χ0) is 14.6. The summed E-state index contributed by atoms with van der Waals surface area (Å²) in [6, 6.07) is -0.330. The standard InChI is InChI=1S/C12H27NO4Si/c1-9(13-11(15)16)10(7-8-14)17-18(5,6)12(2,3)4/h9-10,13-14H,7-8H2,1-6H3,(H,15,16)/t9-,10-/m0/s1. The third-order valence-corrected chi connectivity index (χ3v) is 8.08. The Morgan fingerprint density at radius 3 is 2.22 bits per heavy atom. The molecule has 0 aliphatic heterocycles. The summed E-state index contributed by atoms with van der Waals surface area (Å²) in [7, 11) is -1.96. The Bertz CT molecular complexity index is 276. The van der Waals surface area contributed by atoms with Crippen molar-refractivity contribution in [1.29, 1.82) is 0 Å². The number of hydrogen-bond acceptors (Lipinski definition) is 3. The van der Waals surface area contributed by atoms with Crippen molar-refractivity contribution in [2.45, 2.75) is 64.4 Å². The predicted molar refractivity (Wildman–Crippen MR) is 74.4 cm³/mol. The van der Waals surface area contributed by atoms with Crippen molar-refractivity contribution >= 4 is 14.4 Å². The van der Waals surface area contributed by atoms with Crippen molar-refractivity contribution < 1.29 is 19.4 Å². The Morgan fingerprint density at radius 1 is 1.39 bits per heavy atom. The maximum absolute atomic E-state index is 10.7. The molecule has 0 aliphatic rings. The van der Waals surface area contributed by atoms with Gasteiger partial charge >= 0.3 is 6.09 Å². The molecule has 0 aromatic rings. The van der Waals surface area contributed by atoms with Crippen molar-refractivity contribution in [1.82, 2.24) is 5.32 Å². The van der Waals surface area contributed by atoms with Crippen LogP contribution in [0.5, 0.6) is 0 Å². The summed E-state index contributed by atoms with van der Waals surface area (Å²) in [4.78, 5) is 10.7. The molecule has 0 aromatic heterocycles. The van der Waals surface area contributed by atoms with Crippen molar-refractivity contribution in [3.63, 3.8) is 0 Å². The van der Waals surface area contributed by atoms with Crippen LogP contribution < -0.4 is 5.32 Å². The van der Waals surface area contributed by atoms with Gasteiger partial charge in [-0.3, -0.25) is 0 Å². The van der Waals surface area contributed by atoms with Gasteiger partial charge < -0.3 is 20.0 Å². The van der Waals surface area contributed by atoms with Gasteiger partial charge in [-0.25, -0.2) is 4.79 Å². The molecule has 0 rings (SSSR count). The Labute approximate surface area is 111 Å². The van der Waals surface area contributed by atoms with Crippen LogP contribution >= 0.6 is 0 Å². The molecule has 0 fully saturated rings. The molecular weight excluding hydrogens is 250 g/mol. The van der Waals surface area contributed by atoms with Crippen LogP contribution in [0.1, 0.15) is 34.1 Å². The van der Waals surface area contributed by atoms with Gasteiger partial charge in [-0.05, 0) is 31.5 Å². The number of nitrogens with one attached hydrogen (secondary N) is 1. The first-order chi connectivity index (χ1) is 8.01. The number of carbonyl (C=O) groups is 1. The molecule has 2 atom stereocenters. The van der Waals surface area contributed by atoms with E-state index >= 15 is 0 Å². The monoisotopic (exact) mass is 277 g/mol. The summed E-state index contributed by atoms with van der Waals surface area (Å²) < 4.78 is 6.16. The molecule has 0 unspecified atom stereocenters. The third-order valence-electron chi connectivity index (χ3n) is 3.57. The molecule has 0 heterocycles. The van der Waals surface area contributed by atoms with Gasteiger partial charge in [0, 0.05) is 6.61 Å². The average molecular weight is 277 g/mol. The van der Waals surface area contributed by atoms with Gasteiger partial charge in [0.15, 0.2) is 8.32 Å². The van der Waals surface area contributed by atoms with E-state index < -0.39 is 14.4 Å². The number of hydrogen-bond donors (Lipinski definition) is 3. The van der Waals surface area contributed by atoms with Crippen molar-refractivity contribution in [3.8, 4) is 0 Å². The largest absolute Gasteiger partial charge is 0.465 e. The number of carboxylic acid groups (broad SMARTS) is 1. The van der Waals surface area contributed by atoms with Gasteiger partial charge in [-0.15, -0.1) is 0 Å². The van der Waals surface area contributed by atoms with E-state index in [2.05, 4.69) is 39.2 Å². The second-order valence-corrected chi connectivity index (χ2v) is 10.9. The van der Waals surface area contributed by atoms with E-state index in [-0.39, 0.29) is 23.8 Å². The summed E-state index contributed by atoms with van der Waals surface area (Å²) in [5, 5.41) is 20.3. The predicted octanol–water partition coefficient (Wildman–Crippen LogP) is 2.42. The number of aliphatic hydroxyl groups is 1. The highest BCUT2D eigenvalue weighted by Crippen LogP contribution is 2.37. The molecule has 0 aromatic carbocycles. The van der Waals surface area contributed by atoms with E-state index in [4.69, 9.17) is 14.6 Å². The highest BCUT2D eigenvalue weighted by Gasteiger charge is 2.40. The summed E-state index contributed by atoms with van der Waals surface area (Å²) in [6.45, 7) is 12.4. The highest BCUT2D eigenvalue weighted by atomic mass is 28.4. The normalized spacial score (nSPS) is 16.2. The Balaban J connectivity index is 4.76. The maximum atomic E-state index is 10.7. The molecule has 0 bridgehead atoms. The van der Waals surface area contributed by atoms with Crippen LogP contribution in [0.4, 0.5) is 4.79 Å². The first-order valence-corrected chi connectivity index (χ1v) is 9.20. The lowest BCUT2D eigenvalue weighted by Gasteiger charge is -2.40. The van der Waals surface area contributed by atoms with Crippen LogP contribution in [0.3, 0.4) is 0 Å². The first kappa shape index (κ1) is 17.4. The van der Waals surface area contributed by atoms with Gasteiger partial charge in [0.2, 0.25) is 0 Å². The Hall–Kier alpha value is -0.593. The summed E-state index contributed by atoms with van der Waals surface area (Å²) in [6.07, 6.45) is -0.912. The zero-order valence-corrected chi connectivity index (χ0v) is 13.3. The second kappa shape index (κ2) is 6.54. The Morgan fingerprint density at radius 2 is 1.89 bits per heavy atom. The topological polar surface area (TPSA) is 78.8 Å². The molecule has 5 nitrogen and oxygen atoms in total. The quantitative estimate of drug-likeness (QED) is 0.651. The van der Waals surface area contributed by atoms with Gasteiger partial charge in [0.25, 0.3) is 0 Å². The van der Waals surface area contributed by atoms with Crippen molar-refractivity contribution in [2.75, 3.05) is 6.61 Å². The van der Waals surface area contributed by atoms with Crippen molar-refractivity contribution in [2.24, 2.45) is 0 Å². The van der Waals surface area contributed by atoms with E-state index in [1.807, 2.05) is 0 Å². The molecule has 3 N–H and O–H groups in total. The fourth-order valence-corrected chi connectivity index (χ4v) is 2.81. The lowest BCUT2D eigenvalue weighted by Crippen LogP contribution is -2.50. The number of rotatable bonds is 6. The van der Waals surface area contributed by atoms with Gasteiger partial charge in [-0.2, -0.15) is 0 Å². The smallest absolute Gasteiger partial charge is 0.404 e. The second-order valence-electron chi connectivity index (χ2n) is 6.17. The molecule has 18 heavy (non-hydrogen) atoms. The summed E-state index contributed by atoms with van der Waals surface area (Å²) in [5.41, 5.74) is 0. The number of aliphatic hydroxyl groups excluding tert-OH is 1. The van der Waals surface area contributed by atoms with Crippen LogP contribution in [-0.4, -0.2) is 43.4 Å². The minimum Gasteiger partial charge on any atom is -0.465 e. The molecule has 0 radical (unpaired) electrons. The molecule has 0 aliphatic carbocycles. The highest BCUT2D eigenvalue weighted by molar-refractivity contribution is 6.74. The lowest BCUT2D eigenvalue weighted by molar-refractivity contribution is 0.105. The fraction of sp³-hybridized carbons (Fsp3) is 0.917. The van der Waals surface area contributed by atoms with E-state index in [9.17, 15) is 4.79 Å².